The third-order valence-corrected chi connectivity index (χ3v) is 5.68. The number of aromatic nitrogens is 1. The van der Waals surface area contributed by atoms with Gasteiger partial charge in [0.1, 0.15) is 5.75 Å². The SMILES string of the molecule is CCOc1ccc(N2C(=O)/C(=C/c3cccs3)S/C2=N\c2ccccn2)cc1. The van der Waals surface area contributed by atoms with Crippen molar-refractivity contribution in [3.8, 4) is 5.75 Å². The van der Waals surface area contributed by atoms with E-state index in [4.69, 9.17) is 4.74 Å². The third-order valence-electron chi connectivity index (χ3n) is 3.89. The molecule has 3 aromatic rings. The number of amides is 1. The summed E-state index contributed by atoms with van der Waals surface area (Å²) in [6, 6.07) is 16.9. The van der Waals surface area contributed by atoms with Gasteiger partial charge in [-0.2, -0.15) is 0 Å². The number of rotatable bonds is 5. The van der Waals surface area contributed by atoms with Crippen molar-refractivity contribution in [2.75, 3.05) is 11.5 Å². The summed E-state index contributed by atoms with van der Waals surface area (Å²) in [5, 5.41) is 2.57. The van der Waals surface area contributed by atoms with Gasteiger partial charge in [-0.3, -0.25) is 9.69 Å². The molecule has 0 spiro atoms. The lowest BCUT2D eigenvalue weighted by atomic mass is 10.2. The van der Waals surface area contributed by atoms with E-state index in [-0.39, 0.29) is 5.91 Å². The first-order valence-electron chi connectivity index (χ1n) is 8.74. The van der Waals surface area contributed by atoms with Crippen LogP contribution in [0.1, 0.15) is 11.8 Å². The Bertz CT molecular complexity index is 1010. The zero-order valence-electron chi connectivity index (χ0n) is 15.1. The van der Waals surface area contributed by atoms with Crippen molar-refractivity contribution in [1.82, 2.24) is 4.98 Å². The number of thiophene rings is 1. The summed E-state index contributed by atoms with van der Waals surface area (Å²) in [6.07, 6.45) is 3.59. The van der Waals surface area contributed by atoms with E-state index in [0.717, 1.165) is 16.3 Å². The number of nitrogens with zero attached hydrogens (tertiary/aromatic N) is 3. The van der Waals surface area contributed by atoms with Crippen LogP contribution in [0, 0.1) is 0 Å². The van der Waals surface area contributed by atoms with E-state index in [9.17, 15) is 4.79 Å². The third kappa shape index (κ3) is 4.00. The van der Waals surface area contributed by atoms with Crippen LogP contribution in [0.25, 0.3) is 6.08 Å². The molecule has 0 radical (unpaired) electrons. The quantitative estimate of drug-likeness (QED) is 0.535. The Balaban J connectivity index is 1.73. The molecule has 1 aliphatic rings. The van der Waals surface area contributed by atoms with E-state index in [1.807, 2.05) is 73.0 Å². The van der Waals surface area contributed by atoms with E-state index in [2.05, 4.69) is 9.98 Å². The standard InChI is InChI=1S/C21H17N3O2S2/c1-2-26-16-10-8-15(9-11-16)24-20(25)18(14-17-6-5-13-27-17)28-21(24)23-19-7-3-4-12-22-19/h3-14H,2H2,1H3/b18-14-,23-21-. The maximum Gasteiger partial charge on any atom is 0.271 e. The van der Waals surface area contributed by atoms with Gasteiger partial charge in [-0.1, -0.05) is 12.1 Å². The number of ether oxygens (including phenoxy) is 1. The maximum absolute atomic E-state index is 13.2. The van der Waals surface area contributed by atoms with Crippen molar-refractivity contribution in [1.29, 1.82) is 0 Å². The molecular weight excluding hydrogens is 390 g/mol. The Hall–Kier alpha value is -2.90. The van der Waals surface area contributed by atoms with Gasteiger partial charge >= 0.3 is 0 Å². The molecule has 0 saturated carbocycles. The summed E-state index contributed by atoms with van der Waals surface area (Å²) in [5.41, 5.74) is 0.741. The van der Waals surface area contributed by atoms with E-state index < -0.39 is 0 Å². The molecule has 140 valence electrons. The molecule has 1 aromatic carbocycles. The number of pyridine rings is 1. The van der Waals surface area contributed by atoms with Crippen LogP contribution in [0.4, 0.5) is 11.5 Å². The van der Waals surface area contributed by atoms with E-state index in [1.54, 1.807) is 22.4 Å². The molecule has 1 saturated heterocycles. The molecule has 7 heteroatoms. The average molecular weight is 408 g/mol. The lowest BCUT2D eigenvalue weighted by Crippen LogP contribution is -2.28. The van der Waals surface area contributed by atoms with Crippen LogP contribution >= 0.6 is 23.1 Å². The second kappa shape index (κ2) is 8.41. The smallest absolute Gasteiger partial charge is 0.271 e. The number of carbonyl (C=O) groups is 1. The molecule has 1 aliphatic heterocycles. The summed E-state index contributed by atoms with van der Waals surface area (Å²) in [5.74, 6) is 1.23. The van der Waals surface area contributed by atoms with Crippen LogP contribution in [-0.2, 0) is 4.79 Å². The average Bonchev–Trinajstić information content (AvgIpc) is 3.33. The van der Waals surface area contributed by atoms with Gasteiger partial charge in [-0.05, 0) is 72.6 Å². The molecule has 4 rings (SSSR count). The van der Waals surface area contributed by atoms with Gasteiger partial charge < -0.3 is 4.74 Å². The first kappa shape index (κ1) is 18.5. The molecule has 28 heavy (non-hydrogen) atoms. The van der Waals surface area contributed by atoms with Crippen LogP contribution in [0.3, 0.4) is 0 Å². The van der Waals surface area contributed by atoms with Crippen LogP contribution in [0.15, 0.2) is 76.1 Å². The molecular formula is C21H17N3O2S2. The molecule has 0 atom stereocenters. The Morgan fingerprint density at radius 1 is 1.14 bits per heavy atom. The molecule has 0 unspecified atom stereocenters. The van der Waals surface area contributed by atoms with Gasteiger partial charge in [0.2, 0.25) is 0 Å². The number of amidine groups is 1. The van der Waals surface area contributed by atoms with Crippen molar-refractivity contribution in [2.45, 2.75) is 6.92 Å². The highest BCUT2D eigenvalue weighted by atomic mass is 32.2. The fourth-order valence-electron chi connectivity index (χ4n) is 2.65. The summed E-state index contributed by atoms with van der Waals surface area (Å²) in [4.78, 5) is 25.3. The largest absolute Gasteiger partial charge is 0.494 e. The number of hydrogen-bond donors (Lipinski definition) is 0. The second-order valence-electron chi connectivity index (χ2n) is 5.78. The van der Waals surface area contributed by atoms with Gasteiger partial charge in [-0.25, -0.2) is 9.98 Å². The number of hydrogen-bond acceptors (Lipinski definition) is 6. The van der Waals surface area contributed by atoms with Gasteiger partial charge in [0.05, 0.1) is 17.2 Å². The fourth-order valence-corrected chi connectivity index (χ4v) is 4.37. The molecule has 3 heterocycles. The first-order valence-corrected chi connectivity index (χ1v) is 10.4. The highest BCUT2D eigenvalue weighted by Crippen LogP contribution is 2.37. The minimum Gasteiger partial charge on any atom is -0.494 e. The van der Waals surface area contributed by atoms with Crippen molar-refractivity contribution in [2.24, 2.45) is 4.99 Å². The van der Waals surface area contributed by atoms with Crippen molar-refractivity contribution >= 4 is 51.8 Å². The molecule has 1 amide bonds. The minimum atomic E-state index is -0.0998. The molecule has 0 N–H and O–H groups in total. The zero-order chi connectivity index (χ0) is 19.3. The second-order valence-corrected chi connectivity index (χ2v) is 7.76. The van der Waals surface area contributed by atoms with Crippen LogP contribution < -0.4 is 9.64 Å². The van der Waals surface area contributed by atoms with Gasteiger partial charge in [0.25, 0.3) is 5.91 Å². The number of anilines is 1. The van der Waals surface area contributed by atoms with Gasteiger partial charge in [-0.15, -0.1) is 11.3 Å². The summed E-state index contributed by atoms with van der Waals surface area (Å²) in [7, 11) is 0. The van der Waals surface area contributed by atoms with Crippen molar-refractivity contribution in [3.63, 3.8) is 0 Å². The number of thioether (sulfide) groups is 1. The predicted octanol–water partition coefficient (Wildman–Crippen LogP) is 5.35. The highest BCUT2D eigenvalue weighted by Gasteiger charge is 2.35. The Kier molecular flexibility index (Phi) is 5.55. The number of aliphatic imine (C=N–C) groups is 1. The van der Waals surface area contributed by atoms with Crippen LogP contribution in [0.2, 0.25) is 0 Å². The molecule has 2 aromatic heterocycles. The Morgan fingerprint density at radius 3 is 2.68 bits per heavy atom. The molecule has 1 fully saturated rings. The van der Waals surface area contributed by atoms with Crippen molar-refractivity contribution in [3.05, 3.63) is 76.0 Å². The summed E-state index contributed by atoms with van der Waals surface area (Å²) >= 11 is 2.94. The van der Waals surface area contributed by atoms with E-state index in [1.165, 1.54) is 11.8 Å². The molecule has 0 bridgehead atoms. The summed E-state index contributed by atoms with van der Waals surface area (Å²) in [6.45, 7) is 2.53. The predicted molar refractivity (Wildman–Crippen MR) is 116 cm³/mol. The number of carbonyl (C=O) groups excluding carboxylic acids is 1. The monoisotopic (exact) mass is 407 g/mol. The van der Waals surface area contributed by atoms with E-state index in [0.29, 0.717) is 22.5 Å². The van der Waals surface area contributed by atoms with Crippen LogP contribution in [0.5, 0.6) is 5.75 Å². The topological polar surface area (TPSA) is 54.8 Å². The number of benzene rings is 1. The zero-order valence-corrected chi connectivity index (χ0v) is 16.7. The first-order chi connectivity index (χ1) is 13.7. The van der Waals surface area contributed by atoms with E-state index >= 15 is 0 Å². The molecule has 0 aliphatic carbocycles. The van der Waals surface area contributed by atoms with Crippen LogP contribution in [-0.4, -0.2) is 22.7 Å². The normalized spacial score (nSPS) is 16.9. The molecule has 5 nitrogen and oxygen atoms in total. The van der Waals surface area contributed by atoms with Gasteiger partial charge in [0, 0.05) is 11.1 Å². The lowest BCUT2D eigenvalue weighted by molar-refractivity contribution is -0.113. The minimum absolute atomic E-state index is 0.0998. The van der Waals surface area contributed by atoms with Gasteiger partial charge in [0.15, 0.2) is 11.0 Å². The Morgan fingerprint density at radius 2 is 2.00 bits per heavy atom. The summed E-state index contributed by atoms with van der Waals surface area (Å²) < 4.78 is 5.51. The highest BCUT2D eigenvalue weighted by molar-refractivity contribution is 8.19. The lowest BCUT2D eigenvalue weighted by Gasteiger charge is -2.16. The fraction of sp³-hybridized carbons (Fsp3) is 0.0952. The van der Waals surface area contributed by atoms with Crippen molar-refractivity contribution < 1.29 is 9.53 Å². The Labute approximate surface area is 171 Å². The maximum atomic E-state index is 13.2.